The van der Waals surface area contributed by atoms with E-state index in [-0.39, 0.29) is 0 Å². The molecule has 0 N–H and O–H groups in total. The summed E-state index contributed by atoms with van der Waals surface area (Å²) in [7, 11) is 0. The second-order valence-corrected chi connectivity index (χ2v) is 5.13. The molecule has 0 unspecified atom stereocenters. The Balaban J connectivity index is 1.92. The molecule has 0 saturated heterocycles. The minimum atomic E-state index is 0.443. The van der Waals surface area contributed by atoms with E-state index in [1.54, 1.807) is 6.07 Å². The molecule has 0 bridgehead atoms. The first kappa shape index (κ1) is 10.5. The predicted molar refractivity (Wildman–Crippen MR) is 63.5 cm³/mol. The zero-order valence-electron chi connectivity index (χ0n) is 9.22. The first-order chi connectivity index (χ1) is 8.38. The Morgan fingerprint density at radius 2 is 2.24 bits per heavy atom. The van der Waals surface area contributed by atoms with Crippen LogP contribution in [0.2, 0.25) is 0 Å². The van der Waals surface area contributed by atoms with Crippen LogP contribution in [0.4, 0.5) is 0 Å². The largest absolute Gasteiger partial charge is 0.333 e. The lowest BCUT2D eigenvalue weighted by Gasteiger charge is -1.99. The summed E-state index contributed by atoms with van der Waals surface area (Å²) in [6.07, 6.45) is 4.79. The molecule has 0 amide bonds. The van der Waals surface area contributed by atoms with Gasteiger partial charge in [0.15, 0.2) is 5.82 Å². The molecule has 0 aliphatic heterocycles. The maximum absolute atomic E-state index is 8.95. The number of hydrogen-bond acceptors (Lipinski definition) is 5. The van der Waals surface area contributed by atoms with Gasteiger partial charge in [-0.05, 0) is 24.3 Å². The summed E-state index contributed by atoms with van der Waals surface area (Å²) >= 11 is 1.46. The van der Waals surface area contributed by atoms with Crippen molar-refractivity contribution in [2.75, 3.05) is 0 Å². The third kappa shape index (κ3) is 1.85. The van der Waals surface area contributed by atoms with Crippen LogP contribution in [0.3, 0.4) is 0 Å². The number of thiophene rings is 1. The normalized spacial score (nSPS) is 16.2. The third-order valence-electron chi connectivity index (χ3n) is 3.14. The number of aromatic nitrogens is 2. The lowest BCUT2D eigenvalue weighted by molar-refractivity contribution is 0.416. The van der Waals surface area contributed by atoms with Gasteiger partial charge in [0.25, 0.3) is 5.89 Å². The third-order valence-corrected chi connectivity index (χ3v) is 4.04. The van der Waals surface area contributed by atoms with E-state index < -0.39 is 0 Å². The fourth-order valence-corrected chi connectivity index (χ4v) is 3.00. The molecule has 0 aromatic carbocycles. The van der Waals surface area contributed by atoms with E-state index in [1.807, 2.05) is 5.38 Å². The lowest BCUT2D eigenvalue weighted by atomic mass is 10.1. The van der Waals surface area contributed by atoms with E-state index in [9.17, 15) is 0 Å². The second kappa shape index (κ2) is 4.30. The molecule has 3 rings (SSSR count). The molecule has 1 fully saturated rings. The molecule has 1 saturated carbocycles. The van der Waals surface area contributed by atoms with Crippen molar-refractivity contribution in [3.63, 3.8) is 0 Å². The molecule has 86 valence electrons. The van der Waals surface area contributed by atoms with Crippen LogP contribution >= 0.6 is 11.3 Å². The number of hydrogen-bond donors (Lipinski definition) is 0. The average molecular weight is 245 g/mol. The zero-order valence-corrected chi connectivity index (χ0v) is 10.0. The van der Waals surface area contributed by atoms with Crippen molar-refractivity contribution in [2.45, 2.75) is 31.6 Å². The standard InChI is InChI=1S/C12H11N3OS/c13-7-9-5-6-17-10(9)12-14-11(15-16-12)8-3-1-2-4-8/h5-6,8H,1-4H2. The van der Waals surface area contributed by atoms with Gasteiger partial charge in [0, 0.05) is 5.92 Å². The molecule has 0 atom stereocenters. The van der Waals surface area contributed by atoms with Crippen molar-refractivity contribution in [2.24, 2.45) is 0 Å². The van der Waals surface area contributed by atoms with Crippen molar-refractivity contribution in [3.8, 4) is 16.8 Å². The first-order valence-electron chi connectivity index (χ1n) is 5.70. The van der Waals surface area contributed by atoms with Gasteiger partial charge in [-0.1, -0.05) is 18.0 Å². The van der Waals surface area contributed by atoms with Crippen LogP contribution in [0.25, 0.3) is 10.8 Å². The van der Waals surface area contributed by atoms with Crippen molar-refractivity contribution >= 4 is 11.3 Å². The Morgan fingerprint density at radius 3 is 3.00 bits per heavy atom. The molecule has 2 aromatic rings. The van der Waals surface area contributed by atoms with Crippen molar-refractivity contribution < 1.29 is 4.52 Å². The van der Waals surface area contributed by atoms with Crippen LogP contribution in [0, 0.1) is 11.3 Å². The molecule has 2 heterocycles. The van der Waals surface area contributed by atoms with E-state index in [0.717, 1.165) is 23.5 Å². The average Bonchev–Trinajstić information content (AvgIpc) is 3.09. The van der Waals surface area contributed by atoms with Gasteiger partial charge in [-0.3, -0.25) is 0 Å². The Labute approximate surface area is 103 Å². The van der Waals surface area contributed by atoms with Gasteiger partial charge in [-0.2, -0.15) is 10.2 Å². The summed E-state index contributed by atoms with van der Waals surface area (Å²) in [5.74, 6) is 1.73. The smallest absolute Gasteiger partial charge is 0.269 e. The highest BCUT2D eigenvalue weighted by atomic mass is 32.1. The van der Waals surface area contributed by atoms with Crippen molar-refractivity contribution in [3.05, 3.63) is 22.8 Å². The van der Waals surface area contributed by atoms with Crippen molar-refractivity contribution in [1.82, 2.24) is 10.1 Å². The Kier molecular flexibility index (Phi) is 2.65. The summed E-state index contributed by atoms with van der Waals surface area (Å²) in [5.41, 5.74) is 0.608. The fraction of sp³-hybridized carbons (Fsp3) is 0.417. The van der Waals surface area contributed by atoms with Crippen LogP contribution in [0.5, 0.6) is 0 Å². The maximum atomic E-state index is 8.95. The maximum Gasteiger partial charge on any atom is 0.269 e. The van der Waals surface area contributed by atoms with Gasteiger partial charge in [0.05, 0.1) is 5.56 Å². The van der Waals surface area contributed by atoms with E-state index in [2.05, 4.69) is 16.2 Å². The fourth-order valence-electron chi connectivity index (χ4n) is 2.24. The molecule has 1 aliphatic carbocycles. The van der Waals surface area contributed by atoms with E-state index >= 15 is 0 Å². The van der Waals surface area contributed by atoms with Gasteiger partial charge in [0.1, 0.15) is 10.9 Å². The quantitative estimate of drug-likeness (QED) is 0.814. The van der Waals surface area contributed by atoms with Gasteiger partial charge in [0.2, 0.25) is 0 Å². The number of rotatable bonds is 2. The summed E-state index contributed by atoms with van der Waals surface area (Å²) in [6, 6.07) is 3.91. The summed E-state index contributed by atoms with van der Waals surface area (Å²) in [5, 5.41) is 14.9. The highest BCUT2D eigenvalue weighted by molar-refractivity contribution is 7.13. The summed E-state index contributed by atoms with van der Waals surface area (Å²) in [4.78, 5) is 5.21. The summed E-state index contributed by atoms with van der Waals surface area (Å²) in [6.45, 7) is 0. The van der Waals surface area contributed by atoms with Crippen LogP contribution in [-0.4, -0.2) is 10.1 Å². The van der Waals surface area contributed by atoms with Crippen LogP contribution < -0.4 is 0 Å². The minimum Gasteiger partial charge on any atom is -0.333 e. The van der Waals surface area contributed by atoms with Gasteiger partial charge >= 0.3 is 0 Å². The highest BCUT2D eigenvalue weighted by Crippen LogP contribution is 2.34. The molecule has 5 heteroatoms. The van der Waals surface area contributed by atoms with E-state index in [1.165, 1.54) is 24.2 Å². The predicted octanol–water partition coefficient (Wildman–Crippen LogP) is 3.33. The molecular formula is C12H11N3OS. The van der Waals surface area contributed by atoms with Gasteiger partial charge in [-0.15, -0.1) is 11.3 Å². The van der Waals surface area contributed by atoms with Gasteiger partial charge in [-0.25, -0.2) is 0 Å². The minimum absolute atomic E-state index is 0.443. The van der Waals surface area contributed by atoms with E-state index in [0.29, 0.717) is 17.4 Å². The number of nitrogens with zero attached hydrogens (tertiary/aromatic N) is 3. The molecule has 17 heavy (non-hydrogen) atoms. The lowest BCUT2D eigenvalue weighted by Crippen LogP contribution is -1.94. The van der Waals surface area contributed by atoms with E-state index in [4.69, 9.17) is 9.78 Å². The van der Waals surface area contributed by atoms with Crippen LogP contribution in [0.1, 0.15) is 43.0 Å². The number of nitriles is 1. The monoisotopic (exact) mass is 245 g/mol. The molecule has 1 aliphatic rings. The van der Waals surface area contributed by atoms with Crippen molar-refractivity contribution in [1.29, 1.82) is 5.26 Å². The Hall–Kier alpha value is -1.67. The summed E-state index contributed by atoms with van der Waals surface area (Å²) < 4.78 is 5.26. The zero-order chi connectivity index (χ0) is 11.7. The Bertz CT molecular complexity index is 560. The molecule has 0 spiro atoms. The molecule has 4 nitrogen and oxygen atoms in total. The SMILES string of the molecule is N#Cc1ccsc1-c1nc(C2CCCC2)no1. The van der Waals surface area contributed by atoms with Crippen LogP contribution in [-0.2, 0) is 0 Å². The van der Waals surface area contributed by atoms with Crippen LogP contribution in [0.15, 0.2) is 16.0 Å². The molecule has 2 aromatic heterocycles. The second-order valence-electron chi connectivity index (χ2n) is 4.21. The van der Waals surface area contributed by atoms with Gasteiger partial charge < -0.3 is 4.52 Å². The molecular weight excluding hydrogens is 234 g/mol. The topological polar surface area (TPSA) is 62.7 Å². The first-order valence-corrected chi connectivity index (χ1v) is 6.58. The Morgan fingerprint density at radius 1 is 1.41 bits per heavy atom. The molecule has 0 radical (unpaired) electrons. The highest BCUT2D eigenvalue weighted by Gasteiger charge is 2.23.